The van der Waals surface area contributed by atoms with Crippen molar-refractivity contribution in [2.45, 2.75) is 13.3 Å². The SMILES string of the molecule is CCC=O.c1ccc(-c2cccc3ccccc23)cc1. The molecule has 0 spiro atoms. The molecule has 0 radical (unpaired) electrons. The van der Waals surface area contributed by atoms with E-state index in [-0.39, 0.29) is 0 Å². The van der Waals surface area contributed by atoms with E-state index in [1.54, 1.807) is 0 Å². The van der Waals surface area contributed by atoms with E-state index < -0.39 is 0 Å². The third kappa shape index (κ3) is 3.33. The molecule has 100 valence electrons. The van der Waals surface area contributed by atoms with Gasteiger partial charge in [0.15, 0.2) is 0 Å². The predicted molar refractivity (Wildman–Crippen MR) is 85.7 cm³/mol. The zero-order valence-electron chi connectivity index (χ0n) is 11.6. The third-order valence-corrected chi connectivity index (χ3v) is 3.04. The van der Waals surface area contributed by atoms with E-state index in [4.69, 9.17) is 0 Å². The fourth-order valence-electron chi connectivity index (χ4n) is 2.09. The van der Waals surface area contributed by atoms with Crippen LogP contribution in [0.25, 0.3) is 21.9 Å². The fourth-order valence-corrected chi connectivity index (χ4v) is 2.09. The number of rotatable bonds is 2. The standard InChI is InChI=1S/C16H12.C3H6O/c1-2-7-13(8-3-1)16-12-6-10-14-9-4-5-11-15(14)16;1-2-3-4/h1-12H;3H,2H2,1H3. The first kappa shape index (κ1) is 14.0. The van der Waals surface area contributed by atoms with E-state index >= 15 is 0 Å². The molecule has 20 heavy (non-hydrogen) atoms. The number of aldehydes is 1. The minimum absolute atomic E-state index is 0.639. The Morgan fingerprint density at radius 1 is 0.800 bits per heavy atom. The molecule has 0 aliphatic carbocycles. The molecule has 0 fully saturated rings. The molecule has 3 aromatic carbocycles. The van der Waals surface area contributed by atoms with Crippen molar-refractivity contribution in [1.29, 1.82) is 0 Å². The molecule has 3 rings (SSSR count). The summed E-state index contributed by atoms with van der Waals surface area (Å²) in [6.07, 6.45) is 1.51. The van der Waals surface area contributed by atoms with Gasteiger partial charge in [-0.3, -0.25) is 0 Å². The molecular formula is C19H18O. The van der Waals surface area contributed by atoms with E-state index in [0.29, 0.717) is 6.42 Å². The van der Waals surface area contributed by atoms with Crippen LogP contribution >= 0.6 is 0 Å². The third-order valence-electron chi connectivity index (χ3n) is 3.04. The lowest BCUT2D eigenvalue weighted by Crippen LogP contribution is -1.79. The van der Waals surface area contributed by atoms with Crippen LogP contribution in [0.5, 0.6) is 0 Å². The zero-order valence-corrected chi connectivity index (χ0v) is 11.6. The average Bonchev–Trinajstić information content (AvgIpc) is 2.55. The van der Waals surface area contributed by atoms with Crippen LogP contribution in [-0.4, -0.2) is 6.29 Å². The normalized spacial score (nSPS) is 9.65. The summed E-state index contributed by atoms with van der Waals surface area (Å²) >= 11 is 0. The van der Waals surface area contributed by atoms with Crippen molar-refractivity contribution in [3.8, 4) is 11.1 Å². The van der Waals surface area contributed by atoms with Crippen LogP contribution in [0.2, 0.25) is 0 Å². The lowest BCUT2D eigenvalue weighted by molar-refractivity contribution is -0.107. The minimum atomic E-state index is 0.639. The van der Waals surface area contributed by atoms with Crippen molar-refractivity contribution in [3.63, 3.8) is 0 Å². The highest BCUT2D eigenvalue weighted by atomic mass is 16.1. The van der Waals surface area contributed by atoms with Crippen LogP contribution in [-0.2, 0) is 4.79 Å². The van der Waals surface area contributed by atoms with E-state index in [9.17, 15) is 4.79 Å². The van der Waals surface area contributed by atoms with Crippen LogP contribution in [0.3, 0.4) is 0 Å². The van der Waals surface area contributed by atoms with Crippen molar-refractivity contribution in [3.05, 3.63) is 72.8 Å². The Balaban J connectivity index is 0.000000328. The van der Waals surface area contributed by atoms with E-state index in [1.807, 2.05) is 6.92 Å². The fraction of sp³-hybridized carbons (Fsp3) is 0.105. The van der Waals surface area contributed by atoms with Gasteiger partial charge in [-0.25, -0.2) is 0 Å². The Labute approximate surface area is 119 Å². The molecule has 3 aromatic rings. The number of hydrogen-bond donors (Lipinski definition) is 0. The highest BCUT2D eigenvalue weighted by Crippen LogP contribution is 2.27. The molecule has 0 unspecified atom stereocenters. The number of benzene rings is 3. The monoisotopic (exact) mass is 262 g/mol. The quantitative estimate of drug-likeness (QED) is 0.587. The van der Waals surface area contributed by atoms with Gasteiger partial charge in [0.25, 0.3) is 0 Å². The Bertz CT molecular complexity index is 666. The maximum absolute atomic E-state index is 9.17. The summed E-state index contributed by atoms with van der Waals surface area (Å²) < 4.78 is 0. The Morgan fingerprint density at radius 3 is 2.10 bits per heavy atom. The van der Waals surface area contributed by atoms with Crippen LogP contribution in [0.1, 0.15) is 13.3 Å². The second kappa shape index (κ2) is 7.25. The van der Waals surface area contributed by atoms with E-state index in [2.05, 4.69) is 72.8 Å². The van der Waals surface area contributed by atoms with Gasteiger partial charge in [-0.1, -0.05) is 79.7 Å². The topological polar surface area (TPSA) is 17.1 Å². The van der Waals surface area contributed by atoms with Gasteiger partial charge in [0.05, 0.1) is 0 Å². The van der Waals surface area contributed by atoms with Crippen molar-refractivity contribution < 1.29 is 4.79 Å². The molecule has 0 amide bonds. The molecule has 0 aliphatic heterocycles. The van der Waals surface area contributed by atoms with Gasteiger partial charge in [0.1, 0.15) is 6.29 Å². The second-order valence-corrected chi connectivity index (χ2v) is 4.47. The first-order chi connectivity index (χ1) is 9.86. The Morgan fingerprint density at radius 2 is 1.40 bits per heavy atom. The average molecular weight is 262 g/mol. The Kier molecular flexibility index (Phi) is 5.08. The zero-order chi connectivity index (χ0) is 14.2. The van der Waals surface area contributed by atoms with Crippen molar-refractivity contribution >= 4 is 17.1 Å². The molecular weight excluding hydrogens is 244 g/mol. The largest absolute Gasteiger partial charge is 0.303 e. The molecule has 1 heteroatoms. The van der Waals surface area contributed by atoms with Gasteiger partial charge < -0.3 is 4.79 Å². The Hall–Kier alpha value is -2.41. The smallest absolute Gasteiger partial charge is 0.119 e. The lowest BCUT2D eigenvalue weighted by atomic mass is 9.98. The van der Waals surface area contributed by atoms with Crippen LogP contribution in [0.15, 0.2) is 72.8 Å². The maximum Gasteiger partial charge on any atom is 0.119 e. The second-order valence-electron chi connectivity index (χ2n) is 4.47. The number of carbonyl (C=O) groups excluding carboxylic acids is 1. The van der Waals surface area contributed by atoms with Gasteiger partial charge in [-0.15, -0.1) is 0 Å². The van der Waals surface area contributed by atoms with Crippen molar-refractivity contribution in [1.82, 2.24) is 0 Å². The molecule has 0 heterocycles. The van der Waals surface area contributed by atoms with Crippen LogP contribution < -0.4 is 0 Å². The molecule has 0 saturated heterocycles. The highest BCUT2D eigenvalue weighted by molar-refractivity contribution is 5.96. The van der Waals surface area contributed by atoms with Gasteiger partial charge in [0, 0.05) is 6.42 Å². The molecule has 0 atom stereocenters. The van der Waals surface area contributed by atoms with Crippen LogP contribution in [0.4, 0.5) is 0 Å². The summed E-state index contributed by atoms with van der Waals surface area (Å²) in [5, 5.41) is 2.61. The maximum atomic E-state index is 9.17. The van der Waals surface area contributed by atoms with Gasteiger partial charge in [0.2, 0.25) is 0 Å². The summed E-state index contributed by atoms with van der Waals surface area (Å²) in [6.45, 7) is 1.81. The molecule has 0 saturated carbocycles. The highest BCUT2D eigenvalue weighted by Gasteiger charge is 2.01. The van der Waals surface area contributed by atoms with Crippen molar-refractivity contribution in [2.24, 2.45) is 0 Å². The van der Waals surface area contributed by atoms with E-state index in [0.717, 1.165) is 6.29 Å². The first-order valence-corrected chi connectivity index (χ1v) is 6.83. The molecule has 1 nitrogen and oxygen atoms in total. The van der Waals surface area contributed by atoms with Gasteiger partial charge in [-0.2, -0.15) is 0 Å². The summed E-state index contributed by atoms with van der Waals surface area (Å²) in [7, 11) is 0. The molecule has 0 aromatic heterocycles. The first-order valence-electron chi connectivity index (χ1n) is 6.83. The summed E-state index contributed by atoms with van der Waals surface area (Å²) in [5.74, 6) is 0. The summed E-state index contributed by atoms with van der Waals surface area (Å²) in [4.78, 5) is 9.17. The van der Waals surface area contributed by atoms with Crippen LogP contribution in [0, 0.1) is 0 Å². The molecule has 0 bridgehead atoms. The summed E-state index contributed by atoms with van der Waals surface area (Å²) in [6, 6.07) is 25.5. The van der Waals surface area contributed by atoms with Gasteiger partial charge in [-0.05, 0) is 21.9 Å². The van der Waals surface area contributed by atoms with E-state index in [1.165, 1.54) is 21.9 Å². The van der Waals surface area contributed by atoms with Crippen molar-refractivity contribution in [2.75, 3.05) is 0 Å². The summed E-state index contributed by atoms with van der Waals surface area (Å²) in [5.41, 5.74) is 2.58. The minimum Gasteiger partial charge on any atom is -0.303 e. The van der Waals surface area contributed by atoms with Gasteiger partial charge >= 0.3 is 0 Å². The number of hydrogen-bond acceptors (Lipinski definition) is 1. The molecule has 0 aliphatic rings. The number of carbonyl (C=O) groups is 1. The number of fused-ring (bicyclic) bond motifs is 1. The lowest BCUT2D eigenvalue weighted by Gasteiger charge is -2.06. The predicted octanol–water partition coefficient (Wildman–Crippen LogP) is 5.10. The molecule has 0 N–H and O–H groups in total.